The van der Waals surface area contributed by atoms with Gasteiger partial charge in [0.1, 0.15) is 22.7 Å². The van der Waals surface area contributed by atoms with Crippen molar-refractivity contribution < 1.29 is 23.1 Å². The molecule has 0 radical (unpaired) electrons. The monoisotopic (exact) mass is 551 g/mol. The first-order chi connectivity index (χ1) is 19.3. The molecule has 1 aliphatic heterocycles. The molecule has 0 bridgehead atoms. The number of imidazole rings is 1. The van der Waals surface area contributed by atoms with Crippen LogP contribution in [0.25, 0.3) is 11.0 Å². The molecule has 3 N–H and O–H groups in total. The van der Waals surface area contributed by atoms with Gasteiger partial charge in [-0.1, -0.05) is 12.5 Å². The van der Waals surface area contributed by atoms with E-state index in [-0.39, 0.29) is 34.8 Å². The number of nitrogens with one attached hydrogen (secondary N) is 1. The van der Waals surface area contributed by atoms with Gasteiger partial charge < -0.3 is 25.3 Å². The zero-order chi connectivity index (χ0) is 28.6. The lowest BCUT2D eigenvalue weighted by Crippen LogP contribution is -2.37. The van der Waals surface area contributed by atoms with Crippen LogP contribution in [0.4, 0.5) is 14.6 Å². The fourth-order valence-corrected chi connectivity index (χ4v) is 5.17. The topological polar surface area (TPSA) is 120 Å². The zero-order valence-electron chi connectivity index (χ0n) is 22.4. The summed E-state index contributed by atoms with van der Waals surface area (Å²) in [4.78, 5) is 30.9. The van der Waals surface area contributed by atoms with Crippen molar-refractivity contribution in [2.24, 2.45) is 11.7 Å². The van der Waals surface area contributed by atoms with Gasteiger partial charge in [0.2, 0.25) is 5.91 Å². The Morgan fingerprint density at radius 1 is 1.32 bits per heavy atom. The molecule has 2 fully saturated rings. The van der Waals surface area contributed by atoms with Gasteiger partial charge in [0.05, 0.1) is 36.1 Å². The minimum Gasteiger partial charge on any atom is -0.383 e. The number of carbonyl (C=O) groups excluding carboxylic acids is 2. The number of nitrogens with two attached hydrogens (primary N) is 1. The molecular formula is C28H31F2N7O3. The molecule has 12 heteroatoms. The number of hydrogen-bond acceptors (Lipinski definition) is 6. The van der Waals surface area contributed by atoms with E-state index < -0.39 is 23.1 Å². The second-order valence-corrected chi connectivity index (χ2v) is 10.1. The SMILES string of the molecule is C=CC(=O)N1C[C@@H](n2nc(C#Cc3c(F)cc4c(ncn4CC)c3F)c(C(N)=O)c2NCC2CC2)C[C@@H]1COC. The fourth-order valence-electron chi connectivity index (χ4n) is 5.17. The van der Waals surface area contributed by atoms with Crippen LogP contribution < -0.4 is 11.1 Å². The third-order valence-corrected chi connectivity index (χ3v) is 7.42. The highest BCUT2D eigenvalue weighted by molar-refractivity contribution is 6.00. The number of aromatic nitrogens is 4. The van der Waals surface area contributed by atoms with E-state index in [2.05, 4.69) is 33.8 Å². The number of hydrogen-bond donors (Lipinski definition) is 2. The third-order valence-electron chi connectivity index (χ3n) is 7.42. The number of methoxy groups -OCH3 is 1. The predicted molar refractivity (Wildman–Crippen MR) is 144 cm³/mol. The van der Waals surface area contributed by atoms with E-state index in [4.69, 9.17) is 10.5 Å². The van der Waals surface area contributed by atoms with E-state index in [0.717, 1.165) is 12.8 Å². The Morgan fingerprint density at radius 2 is 2.10 bits per heavy atom. The Hall–Kier alpha value is -4.24. The summed E-state index contributed by atoms with van der Waals surface area (Å²) >= 11 is 0. The summed E-state index contributed by atoms with van der Waals surface area (Å²) in [5.74, 6) is 3.28. The maximum atomic E-state index is 15.3. The third kappa shape index (κ3) is 5.04. The van der Waals surface area contributed by atoms with E-state index >= 15 is 4.39 Å². The molecule has 3 aromatic rings. The van der Waals surface area contributed by atoms with Crippen LogP contribution in [0.2, 0.25) is 0 Å². The Kier molecular flexibility index (Phi) is 7.58. The molecule has 210 valence electrons. The summed E-state index contributed by atoms with van der Waals surface area (Å²) in [6, 6.07) is 0.627. The number of nitrogens with zero attached hydrogens (tertiary/aromatic N) is 5. The number of likely N-dealkylation sites (tertiary alicyclic amines) is 1. The van der Waals surface area contributed by atoms with Gasteiger partial charge >= 0.3 is 0 Å². The standard InChI is InChI=1S/C28H31F2N7O3/c1-4-23(38)36-13-17(10-18(36)14-40-3)37-28(32-12-16-6-7-16)24(27(31)39)21(34-37)9-8-19-20(29)11-22-26(25(19)30)33-15-35(22)5-2/h4,11,15-18,32H,1,5-7,10,12-14H2,2-3H3,(H2,31,39)/t17-,18+/m0/s1. The number of fused-ring (bicyclic) bond motifs is 1. The smallest absolute Gasteiger partial charge is 0.255 e. The number of halogens is 2. The first-order valence-corrected chi connectivity index (χ1v) is 13.2. The number of rotatable bonds is 9. The van der Waals surface area contributed by atoms with Gasteiger partial charge in [0.15, 0.2) is 11.5 Å². The van der Waals surface area contributed by atoms with E-state index in [1.807, 2.05) is 6.92 Å². The van der Waals surface area contributed by atoms with Crippen LogP contribution in [0.5, 0.6) is 0 Å². The van der Waals surface area contributed by atoms with Gasteiger partial charge in [-0.15, -0.1) is 0 Å². The van der Waals surface area contributed by atoms with Gasteiger partial charge in [-0.05, 0) is 44.1 Å². The second-order valence-electron chi connectivity index (χ2n) is 10.1. The Morgan fingerprint density at radius 3 is 2.75 bits per heavy atom. The quantitative estimate of drug-likeness (QED) is 0.312. The van der Waals surface area contributed by atoms with Crippen LogP contribution in [0.15, 0.2) is 25.0 Å². The van der Waals surface area contributed by atoms with Crippen LogP contribution in [-0.2, 0) is 16.1 Å². The molecule has 40 heavy (non-hydrogen) atoms. The molecule has 2 amide bonds. The molecule has 0 spiro atoms. The summed E-state index contributed by atoms with van der Waals surface area (Å²) in [6.07, 6.45) is 5.31. The number of ether oxygens (including phenoxy) is 1. The highest BCUT2D eigenvalue weighted by Crippen LogP contribution is 2.35. The van der Waals surface area contributed by atoms with Crippen molar-refractivity contribution in [3.05, 3.63) is 53.5 Å². The zero-order valence-corrected chi connectivity index (χ0v) is 22.4. The largest absolute Gasteiger partial charge is 0.383 e. The second kappa shape index (κ2) is 11.1. The Balaban J connectivity index is 1.58. The minimum absolute atomic E-state index is 0.00195. The maximum Gasteiger partial charge on any atom is 0.255 e. The molecule has 0 unspecified atom stereocenters. The number of carbonyl (C=O) groups is 2. The average Bonchev–Trinajstić information content (AvgIpc) is 3.35. The Labute approximate surface area is 230 Å². The number of benzene rings is 1. The highest BCUT2D eigenvalue weighted by Gasteiger charge is 2.38. The van der Waals surface area contributed by atoms with Gasteiger partial charge in [0.25, 0.3) is 5.91 Å². The van der Waals surface area contributed by atoms with Gasteiger partial charge in [0, 0.05) is 32.8 Å². The molecule has 2 atom stereocenters. The van der Waals surface area contributed by atoms with Crippen molar-refractivity contribution in [1.29, 1.82) is 0 Å². The summed E-state index contributed by atoms with van der Waals surface area (Å²) in [6.45, 7) is 7.14. The number of aryl methyl sites for hydroxylation is 1. The maximum absolute atomic E-state index is 15.3. The first-order valence-electron chi connectivity index (χ1n) is 13.2. The van der Waals surface area contributed by atoms with E-state index in [0.29, 0.717) is 49.9 Å². The van der Waals surface area contributed by atoms with Crippen LogP contribution >= 0.6 is 0 Å². The van der Waals surface area contributed by atoms with Gasteiger partial charge in [-0.3, -0.25) is 9.59 Å². The molecule has 2 aromatic heterocycles. The molecule has 10 nitrogen and oxygen atoms in total. The van der Waals surface area contributed by atoms with Gasteiger partial charge in [-0.2, -0.15) is 5.10 Å². The summed E-state index contributed by atoms with van der Waals surface area (Å²) < 4.78 is 38.8. The lowest BCUT2D eigenvalue weighted by Gasteiger charge is -2.22. The lowest BCUT2D eigenvalue weighted by molar-refractivity contribution is -0.127. The molecule has 1 saturated carbocycles. The highest BCUT2D eigenvalue weighted by atomic mass is 19.1. The molecule has 2 aliphatic rings. The average molecular weight is 552 g/mol. The molecule has 5 rings (SSSR count). The van der Waals surface area contributed by atoms with E-state index in [1.54, 1.807) is 21.3 Å². The minimum atomic E-state index is -0.890. The summed E-state index contributed by atoms with van der Waals surface area (Å²) in [5.41, 5.74) is 5.65. The molecular weight excluding hydrogens is 520 g/mol. The van der Waals surface area contributed by atoms with Crippen molar-refractivity contribution >= 4 is 28.7 Å². The first kappa shape index (κ1) is 27.3. The molecule has 1 aliphatic carbocycles. The van der Waals surface area contributed by atoms with Crippen LogP contribution in [-0.4, -0.2) is 68.9 Å². The van der Waals surface area contributed by atoms with Crippen LogP contribution in [0.3, 0.4) is 0 Å². The molecule has 1 aromatic carbocycles. The van der Waals surface area contributed by atoms with Crippen molar-refractivity contribution in [2.75, 3.05) is 32.1 Å². The Bertz CT molecular complexity index is 1550. The van der Waals surface area contributed by atoms with Gasteiger partial charge in [-0.25, -0.2) is 18.4 Å². The predicted octanol–water partition coefficient (Wildman–Crippen LogP) is 2.83. The van der Waals surface area contributed by atoms with Crippen molar-refractivity contribution in [2.45, 2.75) is 44.8 Å². The van der Waals surface area contributed by atoms with E-state index in [9.17, 15) is 14.0 Å². The molecule has 1 saturated heterocycles. The van der Waals surface area contributed by atoms with Crippen molar-refractivity contribution in [3.63, 3.8) is 0 Å². The number of anilines is 1. The van der Waals surface area contributed by atoms with Crippen LogP contribution in [0.1, 0.15) is 53.8 Å². The number of primary amides is 1. The number of amides is 2. The van der Waals surface area contributed by atoms with E-state index in [1.165, 1.54) is 18.5 Å². The summed E-state index contributed by atoms with van der Waals surface area (Å²) in [5, 5.41) is 7.89. The fraction of sp³-hybridized carbons (Fsp3) is 0.429. The normalized spacial score (nSPS) is 18.6. The molecule has 3 heterocycles. The van der Waals surface area contributed by atoms with Crippen LogP contribution in [0, 0.1) is 29.4 Å². The van der Waals surface area contributed by atoms with Crippen molar-refractivity contribution in [3.8, 4) is 11.8 Å². The van der Waals surface area contributed by atoms with Crippen molar-refractivity contribution in [1.82, 2.24) is 24.2 Å². The summed E-state index contributed by atoms with van der Waals surface area (Å²) in [7, 11) is 1.56. The lowest BCUT2D eigenvalue weighted by atomic mass is 10.1.